The summed E-state index contributed by atoms with van der Waals surface area (Å²) in [6, 6.07) is 12.6. The second-order valence-corrected chi connectivity index (χ2v) is 4.42. The zero-order valence-corrected chi connectivity index (χ0v) is 11.3. The molecule has 5 heteroatoms. The van der Waals surface area contributed by atoms with Gasteiger partial charge in [-0.2, -0.15) is 0 Å². The molecule has 0 aliphatic carbocycles. The number of aromatic nitrogens is 1. The number of rotatable bonds is 5. The fraction of sp³-hybridized carbons (Fsp3) is 0.200. The Balaban J connectivity index is 1.93. The van der Waals surface area contributed by atoms with Crippen molar-refractivity contribution in [3.8, 4) is 0 Å². The van der Waals surface area contributed by atoms with E-state index in [-0.39, 0.29) is 11.5 Å². The van der Waals surface area contributed by atoms with Gasteiger partial charge in [-0.05, 0) is 24.3 Å². The summed E-state index contributed by atoms with van der Waals surface area (Å²) >= 11 is 0. The molecule has 2 aromatic rings. The summed E-state index contributed by atoms with van der Waals surface area (Å²) in [6.07, 6.45) is 1.76. The third kappa shape index (κ3) is 3.98. The molecule has 104 valence electrons. The number of hydrogen-bond donors (Lipinski definition) is 2. The van der Waals surface area contributed by atoms with E-state index in [0.717, 1.165) is 11.4 Å². The van der Waals surface area contributed by atoms with Crippen LogP contribution in [0.15, 0.2) is 53.5 Å². The van der Waals surface area contributed by atoms with Gasteiger partial charge in [-0.15, -0.1) is 0 Å². The van der Waals surface area contributed by atoms with Crippen LogP contribution in [-0.2, 0) is 11.3 Å². The van der Waals surface area contributed by atoms with Crippen molar-refractivity contribution in [1.29, 1.82) is 0 Å². The third-order valence-electron chi connectivity index (χ3n) is 2.76. The van der Waals surface area contributed by atoms with E-state index in [4.69, 9.17) is 0 Å². The first kappa shape index (κ1) is 13.9. The monoisotopic (exact) mass is 271 g/mol. The number of nitrogens with one attached hydrogen (secondary N) is 2. The van der Waals surface area contributed by atoms with Gasteiger partial charge in [0.2, 0.25) is 5.91 Å². The molecule has 0 fully saturated rings. The third-order valence-corrected chi connectivity index (χ3v) is 2.76. The van der Waals surface area contributed by atoms with E-state index in [9.17, 15) is 9.59 Å². The molecule has 0 aliphatic heterocycles. The minimum Gasteiger partial charge on any atom is -0.383 e. The van der Waals surface area contributed by atoms with Crippen LogP contribution in [0.5, 0.6) is 0 Å². The molecule has 1 aromatic heterocycles. The molecule has 0 bridgehead atoms. The predicted molar refractivity (Wildman–Crippen MR) is 79.9 cm³/mol. The van der Waals surface area contributed by atoms with Crippen LogP contribution in [0, 0.1) is 0 Å². The maximum Gasteiger partial charge on any atom is 0.250 e. The molecule has 2 N–H and O–H groups in total. The SMILES string of the molecule is CC(=O)Nc1cccc(NCCn2ccccc2=O)c1. The highest BCUT2D eigenvalue weighted by molar-refractivity contribution is 5.89. The number of hydrogen-bond acceptors (Lipinski definition) is 3. The summed E-state index contributed by atoms with van der Waals surface area (Å²) in [6.45, 7) is 2.69. The second kappa shape index (κ2) is 6.56. The Morgan fingerprint density at radius 1 is 1.15 bits per heavy atom. The van der Waals surface area contributed by atoms with E-state index < -0.39 is 0 Å². The average molecular weight is 271 g/mol. The van der Waals surface area contributed by atoms with Gasteiger partial charge >= 0.3 is 0 Å². The molecular formula is C15H17N3O2. The first-order valence-corrected chi connectivity index (χ1v) is 6.42. The molecule has 0 aliphatic rings. The van der Waals surface area contributed by atoms with Gasteiger partial charge < -0.3 is 15.2 Å². The highest BCUT2D eigenvalue weighted by Gasteiger charge is 1.98. The van der Waals surface area contributed by atoms with E-state index in [1.165, 1.54) is 13.0 Å². The Morgan fingerprint density at radius 3 is 2.70 bits per heavy atom. The lowest BCUT2D eigenvalue weighted by Gasteiger charge is -2.10. The standard InChI is InChI=1S/C15H17N3O2/c1-12(19)17-14-6-4-5-13(11-14)16-8-10-18-9-3-2-7-15(18)20/h2-7,9,11,16H,8,10H2,1H3,(H,17,19). The van der Waals surface area contributed by atoms with E-state index in [0.29, 0.717) is 13.1 Å². The molecule has 1 heterocycles. The quantitative estimate of drug-likeness (QED) is 0.873. The van der Waals surface area contributed by atoms with Crippen LogP contribution in [0.25, 0.3) is 0 Å². The Morgan fingerprint density at radius 2 is 1.95 bits per heavy atom. The Labute approximate surface area is 117 Å². The molecule has 2 rings (SSSR count). The molecular weight excluding hydrogens is 254 g/mol. The van der Waals surface area contributed by atoms with E-state index >= 15 is 0 Å². The van der Waals surface area contributed by atoms with Crippen molar-refractivity contribution >= 4 is 17.3 Å². The van der Waals surface area contributed by atoms with Gasteiger partial charge in [0, 0.05) is 43.7 Å². The maximum absolute atomic E-state index is 11.5. The zero-order valence-electron chi connectivity index (χ0n) is 11.3. The lowest BCUT2D eigenvalue weighted by molar-refractivity contribution is -0.114. The molecule has 1 amide bonds. The van der Waals surface area contributed by atoms with Crippen LogP contribution in [0.1, 0.15) is 6.92 Å². The molecule has 0 saturated heterocycles. The van der Waals surface area contributed by atoms with Gasteiger partial charge in [0.1, 0.15) is 0 Å². The van der Waals surface area contributed by atoms with Crippen molar-refractivity contribution in [3.05, 3.63) is 59.0 Å². The fourth-order valence-corrected chi connectivity index (χ4v) is 1.88. The summed E-state index contributed by atoms with van der Waals surface area (Å²) in [7, 11) is 0. The summed E-state index contributed by atoms with van der Waals surface area (Å²) in [5.74, 6) is -0.0991. The van der Waals surface area contributed by atoms with Crippen LogP contribution in [0.4, 0.5) is 11.4 Å². The van der Waals surface area contributed by atoms with Crippen molar-refractivity contribution < 1.29 is 4.79 Å². The van der Waals surface area contributed by atoms with E-state index in [1.807, 2.05) is 30.3 Å². The topological polar surface area (TPSA) is 63.1 Å². The van der Waals surface area contributed by atoms with Crippen molar-refractivity contribution in [2.24, 2.45) is 0 Å². The van der Waals surface area contributed by atoms with Gasteiger partial charge in [0.15, 0.2) is 0 Å². The van der Waals surface area contributed by atoms with E-state index in [2.05, 4.69) is 10.6 Å². The van der Waals surface area contributed by atoms with Crippen LogP contribution in [0.3, 0.4) is 0 Å². The van der Waals surface area contributed by atoms with Crippen molar-refractivity contribution in [2.75, 3.05) is 17.2 Å². The number of carbonyl (C=O) groups is 1. The van der Waals surface area contributed by atoms with Gasteiger partial charge in [0.25, 0.3) is 5.56 Å². The summed E-state index contributed by atoms with van der Waals surface area (Å²) in [4.78, 5) is 22.5. The van der Waals surface area contributed by atoms with Crippen LogP contribution >= 0.6 is 0 Å². The van der Waals surface area contributed by atoms with Gasteiger partial charge in [-0.1, -0.05) is 12.1 Å². The minimum atomic E-state index is -0.0991. The van der Waals surface area contributed by atoms with Crippen molar-refractivity contribution in [1.82, 2.24) is 4.57 Å². The molecule has 0 atom stereocenters. The molecule has 0 saturated carbocycles. The molecule has 0 radical (unpaired) electrons. The number of amides is 1. The first-order valence-electron chi connectivity index (χ1n) is 6.42. The van der Waals surface area contributed by atoms with Gasteiger partial charge in [-0.25, -0.2) is 0 Å². The van der Waals surface area contributed by atoms with Gasteiger partial charge in [0.05, 0.1) is 0 Å². The highest BCUT2D eigenvalue weighted by atomic mass is 16.1. The molecule has 1 aromatic carbocycles. The number of benzene rings is 1. The predicted octanol–water partition coefficient (Wildman–Crippen LogP) is 1.92. The smallest absolute Gasteiger partial charge is 0.250 e. The minimum absolute atomic E-state index is 0.0127. The van der Waals surface area contributed by atoms with Gasteiger partial charge in [-0.3, -0.25) is 9.59 Å². The summed E-state index contributed by atoms with van der Waals surface area (Å²) < 4.78 is 1.64. The number of nitrogens with zero attached hydrogens (tertiary/aromatic N) is 1. The number of carbonyl (C=O) groups excluding carboxylic acids is 1. The highest BCUT2D eigenvalue weighted by Crippen LogP contribution is 2.14. The second-order valence-electron chi connectivity index (χ2n) is 4.42. The first-order chi connectivity index (χ1) is 9.65. The normalized spacial score (nSPS) is 10.1. The van der Waals surface area contributed by atoms with Crippen molar-refractivity contribution in [3.63, 3.8) is 0 Å². The molecule has 0 spiro atoms. The average Bonchev–Trinajstić information content (AvgIpc) is 2.41. The Bertz CT molecular complexity index is 649. The molecule has 0 unspecified atom stereocenters. The van der Waals surface area contributed by atoms with Crippen molar-refractivity contribution in [2.45, 2.75) is 13.5 Å². The van der Waals surface area contributed by atoms with E-state index in [1.54, 1.807) is 16.8 Å². The lowest BCUT2D eigenvalue weighted by Crippen LogP contribution is -2.22. The Hall–Kier alpha value is -2.56. The number of anilines is 2. The molecule has 20 heavy (non-hydrogen) atoms. The Kier molecular flexibility index (Phi) is 4.55. The van der Waals surface area contributed by atoms with Crippen LogP contribution in [-0.4, -0.2) is 17.0 Å². The molecule has 5 nitrogen and oxygen atoms in total. The van der Waals surface area contributed by atoms with Crippen LogP contribution in [0.2, 0.25) is 0 Å². The lowest BCUT2D eigenvalue weighted by atomic mass is 10.2. The summed E-state index contributed by atoms with van der Waals surface area (Å²) in [5, 5.41) is 5.95. The van der Waals surface area contributed by atoms with Crippen LogP contribution < -0.4 is 16.2 Å². The zero-order chi connectivity index (χ0) is 14.4. The fourth-order valence-electron chi connectivity index (χ4n) is 1.88. The largest absolute Gasteiger partial charge is 0.383 e. The number of pyridine rings is 1. The summed E-state index contributed by atoms with van der Waals surface area (Å²) in [5.41, 5.74) is 1.64. The maximum atomic E-state index is 11.5.